The number of aliphatic carboxylic acids is 1. The summed E-state index contributed by atoms with van der Waals surface area (Å²) in [4.78, 5) is 63.5. The molecule has 2 saturated heterocycles. The van der Waals surface area contributed by atoms with Crippen molar-refractivity contribution < 1.29 is 24.2 Å². The molecule has 2 amide bonds. The standard InChI is InChI=1S/C23H24N6O2S.C19H17N5O2S.C17H20N6OS/c1-31-17-7-5-16(6-8-17)20-15-32-22(27-20)18(14-24)19-9-11-26-23(28-19)25-10-3-13-29-12-2-4-21(29)30;20-11-14(18-23-16(12-27-18)13-5-2-1-3-6-13)15-8-10-22-19(24-15)21-9-4-7-17(25)26;1-12-11-25-16(21-12)13(10-18)14-5-7-20-17(22-14)19-6-3-9-23-8-2-4-15(23)24/h5-9,11,15,27H,2-4,10,12-13H2,1H3,(H,25,26,28);1-3,5-6,8,10,12,23H,4,7,9H2,(H,25,26)(H,21,22,24);5,7,11,21H,2-4,6,8-9H2,1H3,(H,19,20,22). The number of carboxylic acids is 1. The minimum Gasteiger partial charge on any atom is -0.497 e. The Bertz CT molecular complexity index is 3520. The van der Waals surface area contributed by atoms with Crippen molar-refractivity contribution in [2.75, 3.05) is 68.9 Å². The van der Waals surface area contributed by atoms with E-state index in [1.54, 1.807) is 43.9 Å². The van der Waals surface area contributed by atoms with E-state index in [0.717, 1.165) is 95.9 Å². The fourth-order valence-electron chi connectivity index (χ4n) is 8.70. The molecule has 10 rings (SSSR count). The maximum Gasteiger partial charge on any atom is 0.303 e. The number of allylic oxidation sites excluding steroid dienone is 4. The van der Waals surface area contributed by atoms with Gasteiger partial charge in [-0.25, -0.2) is 29.9 Å². The summed E-state index contributed by atoms with van der Waals surface area (Å²) < 4.78 is 5.21. The molecule has 3 aromatic heterocycles. The highest BCUT2D eigenvalue weighted by Gasteiger charge is 2.23. The van der Waals surface area contributed by atoms with E-state index in [9.17, 15) is 30.2 Å². The van der Waals surface area contributed by atoms with Gasteiger partial charge in [-0.1, -0.05) is 65.6 Å². The number of thioether (sulfide) groups is 3. The highest BCUT2D eigenvalue weighted by atomic mass is 32.2. The van der Waals surface area contributed by atoms with E-state index < -0.39 is 5.97 Å². The summed E-state index contributed by atoms with van der Waals surface area (Å²) in [6, 6.07) is 29.4. The second-order valence-corrected chi connectivity index (χ2v) is 21.5. The van der Waals surface area contributed by atoms with Gasteiger partial charge in [0.1, 0.15) is 40.7 Å². The number of methoxy groups -OCH3 is 1. The van der Waals surface area contributed by atoms with Crippen LogP contribution in [0.3, 0.4) is 0 Å². The molecule has 0 bridgehead atoms. The third-order valence-electron chi connectivity index (χ3n) is 13.0. The lowest BCUT2D eigenvalue weighted by Gasteiger charge is -2.15. The van der Waals surface area contributed by atoms with E-state index in [-0.39, 0.29) is 18.2 Å². The maximum atomic E-state index is 11.7. The van der Waals surface area contributed by atoms with Crippen molar-refractivity contribution in [3.8, 4) is 24.0 Å². The van der Waals surface area contributed by atoms with Gasteiger partial charge in [0.25, 0.3) is 0 Å². The van der Waals surface area contributed by atoms with Gasteiger partial charge in [-0.3, -0.25) is 14.4 Å². The largest absolute Gasteiger partial charge is 0.497 e. The molecule has 0 aliphatic carbocycles. The minimum atomic E-state index is -0.839. The number of ether oxygens (including phenoxy) is 1. The molecule has 5 aliphatic heterocycles. The number of hydrogen-bond acceptors (Lipinski definition) is 22. The molecule has 25 heteroatoms. The molecule has 5 aliphatic rings. The molecular formula is C59H61N17O5S3. The summed E-state index contributed by atoms with van der Waals surface area (Å²) in [7, 11) is 1.64. The Balaban J connectivity index is 0.000000166. The molecule has 430 valence electrons. The monoisotopic (exact) mass is 1180 g/mol. The van der Waals surface area contributed by atoms with E-state index >= 15 is 0 Å². The Morgan fingerprint density at radius 2 is 1.04 bits per heavy atom. The third-order valence-corrected chi connectivity index (χ3v) is 15.8. The molecule has 0 unspecified atom stereocenters. The van der Waals surface area contributed by atoms with Crippen molar-refractivity contribution in [3.63, 3.8) is 0 Å². The van der Waals surface area contributed by atoms with Crippen molar-refractivity contribution >= 4 is 99.0 Å². The van der Waals surface area contributed by atoms with Gasteiger partial charge >= 0.3 is 5.97 Å². The molecule has 5 aromatic rings. The van der Waals surface area contributed by atoms with Crippen LogP contribution < -0.4 is 36.6 Å². The van der Waals surface area contributed by atoms with Gasteiger partial charge in [0.15, 0.2) is 0 Å². The quantitative estimate of drug-likeness (QED) is 0.0266. The summed E-state index contributed by atoms with van der Waals surface area (Å²) in [6.45, 7) is 6.93. The number of carbonyl (C=O) groups excluding carboxylic acids is 2. The highest BCUT2D eigenvalue weighted by molar-refractivity contribution is 8.06. The van der Waals surface area contributed by atoms with Crippen LogP contribution >= 0.6 is 35.3 Å². The average Bonchev–Trinajstić information content (AvgIpc) is 4.00. The second kappa shape index (κ2) is 31.2. The molecule has 7 N–H and O–H groups in total. The lowest BCUT2D eigenvalue weighted by Crippen LogP contribution is -2.27. The Kier molecular flexibility index (Phi) is 22.5. The van der Waals surface area contributed by atoms with Crippen molar-refractivity contribution in [2.24, 2.45) is 0 Å². The number of nitrogens with zero attached hydrogens (tertiary/aromatic N) is 11. The number of anilines is 3. The second-order valence-electron chi connectivity index (χ2n) is 18.9. The molecule has 2 fully saturated rings. The molecular weight excluding hydrogens is 1120 g/mol. The zero-order valence-corrected chi connectivity index (χ0v) is 48.7. The summed E-state index contributed by atoms with van der Waals surface area (Å²) in [6.07, 6.45) is 10.3. The van der Waals surface area contributed by atoms with Gasteiger partial charge in [-0.05, 0) is 98.0 Å². The van der Waals surface area contributed by atoms with Crippen LogP contribution in [0.15, 0.2) is 128 Å². The third kappa shape index (κ3) is 17.3. The number of aromatic nitrogens is 6. The van der Waals surface area contributed by atoms with Crippen LogP contribution in [0.2, 0.25) is 0 Å². The van der Waals surface area contributed by atoms with Gasteiger partial charge < -0.3 is 51.5 Å². The summed E-state index contributed by atoms with van der Waals surface area (Å²) >= 11 is 4.39. The maximum absolute atomic E-state index is 11.7. The van der Waals surface area contributed by atoms with Crippen molar-refractivity contribution in [1.82, 2.24) is 55.7 Å². The van der Waals surface area contributed by atoms with Crippen molar-refractivity contribution in [3.05, 3.63) is 157 Å². The number of carboxylic acid groups (broad SMARTS) is 1. The first-order valence-corrected chi connectivity index (χ1v) is 29.7. The Morgan fingerprint density at radius 1 is 0.607 bits per heavy atom. The summed E-state index contributed by atoms with van der Waals surface area (Å²) in [5.74, 6) is 1.76. The first-order chi connectivity index (χ1) is 41.0. The predicted octanol–water partition coefficient (Wildman–Crippen LogP) is 9.01. The van der Waals surface area contributed by atoms with Crippen LogP contribution in [0.1, 0.15) is 86.5 Å². The lowest BCUT2D eigenvalue weighted by molar-refractivity contribution is -0.137. The van der Waals surface area contributed by atoms with E-state index in [2.05, 4.69) is 80.0 Å². The van der Waals surface area contributed by atoms with Gasteiger partial charge in [-0.15, -0.1) is 0 Å². The molecule has 2 aromatic carbocycles. The zero-order valence-electron chi connectivity index (χ0n) is 46.2. The Labute approximate surface area is 499 Å². The van der Waals surface area contributed by atoms with E-state index in [1.165, 1.54) is 35.3 Å². The summed E-state index contributed by atoms with van der Waals surface area (Å²) in [5.41, 5.74) is 7.96. The van der Waals surface area contributed by atoms with E-state index in [0.29, 0.717) is 95.6 Å². The van der Waals surface area contributed by atoms with Crippen LogP contribution in [0.4, 0.5) is 17.8 Å². The van der Waals surface area contributed by atoms with E-state index in [1.807, 2.05) is 87.5 Å². The van der Waals surface area contributed by atoms with Crippen LogP contribution in [0.25, 0.3) is 28.1 Å². The number of carbonyl (C=O) groups is 3. The van der Waals surface area contributed by atoms with Crippen LogP contribution in [0.5, 0.6) is 5.75 Å². The average molecular weight is 1180 g/mol. The number of amides is 2. The number of nitrogens with one attached hydrogen (secondary N) is 6. The number of hydrogen-bond donors (Lipinski definition) is 7. The normalized spacial score (nSPS) is 16.7. The van der Waals surface area contributed by atoms with Crippen LogP contribution in [0, 0.1) is 34.0 Å². The fourth-order valence-corrected chi connectivity index (χ4v) is 11.3. The topological polar surface area (TPSA) is 308 Å². The van der Waals surface area contributed by atoms with Gasteiger partial charge in [-0.2, -0.15) is 15.8 Å². The highest BCUT2D eigenvalue weighted by Crippen LogP contribution is 2.37. The molecule has 0 saturated carbocycles. The smallest absolute Gasteiger partial charge is 0.303 e. The molecule has 0 radical (unpaired) electrons. The fraction of sp³-hybridized carbons (Fsp3) is 0.288. The van der Waals surface area contributed by atoms with E-state index in [4.69, 9.17) is 9.84 Å². The lowest BCUT2D eigenvalue weighted by atomic mass is 10.1. The first-order valence-electron chi connectivity index (χ1n) is 27.0. The van der Waals surface area contributed by atoms with Gasteiger partial charge in [0.2, 0.25) is 29.7 Å². The van der Waals surface area contributed by atoms with Crippen LogP contribution in [-0.4, -0.2) is 116 Å². The molecule has 0 atom stereocenters. The molecule has 22 nitrogen and oxygen atoms in total. The Morgan fingerprint density at radius 3 is 1.43 bits per heavy atom. The molecule has 8 heterocycles. The number of rotatable bonds is 21. The number of likely N-dealkylation sites (tertiary alicyclic amines) is 2. The molecule has 0 spiro atoms. The minimum absolute atomic E-state index is 0.0781. The Hall–Kier alpha value is -9.35. The zero-order chi connectivity index (χ0) is 59.0. The number of nitriles is 3. The predicted molar refractivity (Wildman–Crippen MR) is 328 cm³/mol. The SMILES string of the molecule is CC1=CSC(=C(C#N)c2ccnc(NCCCN3CCCC3=O)n2)N1.COc1ccc(C2=CSC(=C(C#N)c3ccnc(NCCCN4CCCC4=O)n3)N2)cc1.N#CC(=C1NC(c2ccccc2)=CS1)c1ccnc(NCCCC(=O)O)n1. The molecule has 84 heavy (non-hydrogen) atoms. The summed E-state index contributed by atoms with van der Waals surface area (Å²) in [5, 5.41) is 64.8. The van der Waals surface area contributed by atoms with Crippen LogP contribution in [-0.2, 0) is 14.4 Å². The van der Waals surface area contributed by atoms with Gasteiger partial charge in [0.05, 0.1) is 50.7 Å². The van der Waals surface area contributed by atoms with Crippen molar-refractivity contribution in [2.45, 2.75) is 58.3 Å². The van der Waals surface area contributed by atoms with Crippen molar-refractivity contribution in [1.29, 1.82) is 15.8 Å². The number of benzene rings is 2. The first kappa shape index (κ1) is 60.7. The van der Waals surface area contributed by atoms with Gasteiger partial charge in [0, 0.05) is 100 Å².